The van der Waals surface area contributed by atoms with Gasteiger partial charge in [0, 0.05) is 20.1 Å². The number of nitrogens with one attached hydrogen (secondary N) is 2. The van der Waals surface area contributed by atoms with Gasteiger partial charge in [-0.3, -0.25) is 4.99 Å². The van der Waals surface area contributed by atoms with Crippen LogP contribution in [0.25, 0.3) is 0 Å². The van der Waals surface area contributed by atoms with Gasteiger partial charge in [0.1, 0.15) is 5.82 Å². The molecule has 0 atom stereocenters. The summed E-state index contributed by atoms with van der Waals surface area (Å²) in [6.45, 7) is 1.71. The summed E-state index contributed by atoms with van der Waals surface area (Å²) in [6.07, 6.45) is 4.08. The number of hydrogen-bond donors (Lipinski definition) is 2. The minimum absolute atomic E-state index is 0. The molecule has 1 rings (SSSR count). The number of benzene rings is 1. The minimum Gasteiger partial charge on any atom is -0.356 e. The third-order valence-electron chi connectivity index (χ3n) is 2.66. The van der Waals surface area contributed by atoms with Gasteiger partial charge in [-0.1, -0.05) is 12.1 Å². The maximum Gasteiger partial charge on any atom is 0.190 e. The highest BCUT2D eigenvalue weighted by Crippen LogP contribution is 2.02. The van der Waals surface area contributed by atoms with E-state index in [-0.39, 0.29) is 29.8 Å². The lowest BCUT2D eigenvalue weighted by Gasteiger charge is -2.11. The number of nitrogens with zero attached hydrogens (tertiary/aromatic N) is 1. The van der Waals surface area contributed by atoms with Crippen LogP contribution in [0.3, 0.4) is 0 Å². The molecule has 0 unspecified atom stereocenters. The number of thioether (sulfide) groups is 1. The van der Waals surface area contributed by atoms with Crippen LogP contribution in [0.4, 0.5) is 4.39 Å². The van der Waals surface area contributed by atoms with Gasteiger partial charge < -0.3 is 10.6 Å². The van der Waals surface area contributed by atoms with Crippen LogP contribution in [0.2, 0.25) is 0 Å². The van der Waals surface area contributed by atoms with E-state index < -0.39 is 0 Å². The Labute approximate surface area is 142 Å². The van der Waals surface area contributed by atoms with Crippen molar-refractivity contribution in [3.63, 3.8) is 0 Å². The Kier molecular flexibility index (Phi) is 12.0. The Balaban J connectivity index is 0.00000361. The number of halogens is 2. The molecule has 0 aliphatic carbocycles. The Bertz CT molecular complexity index is 385. The van der Waals surface area contributed by atoms with Crippen molar-refractivity contribution < 1.29 is 4.39 Å². The maximum absolute atomic E-state index is 12.7. The van der Waals surface area contributed by atoms with E-state index in [2.05, 4.69) is 21.9 Å². The summed E-state index contributed by atoms with van der Waals surface area (Å²) in [5.41, 5.74) is 1.12. The van der Waals surface area contributed by atoms with E-state index in [0.29, 0.717) is 0 Å². The third kappa shape index (κ3) is 8.63. The predicted molar refractivity (Wildman–Crippen MR) is 97.9 cm³/mol. The SMILES string of the molecule is CN=C(NCCCSC)NCCc1ccc(F)cc1.I. The Morgan fingerprint density at radius 2 is 1.85 bits per heavy atom. The van der Waals surface area contributed by atoms with Gasteiger partial charge in [0.05, 0.1) is 0 Å². The van der Waals surface area contributed by atoms with E-state index >= 15 is 0 Å². The summed E-state index contributed by atoms with van der Waals surface area (Å²) in [5.74, 6) is 1.78. The highest BCUT2D eigenvalue weighted by Gasteiger charge is 1.98. The molecule has 0 heterocycles. The Morgan fingerprint density at radius 3 is 2.45 bits per heavy atom. The molecule has 1 aromatic carbocycles. The molecule has 0 aromatic heterocycles. The molecule has 6 heteroatoms. The van der Waals surface area contributed by atoms with Crippen LogP contribution in [0.5, 0.6) is 0 Å². The quantitative estimate of drug-likeness (QED) is 0.314. The van der Waals surface area contributed by atoms with Gasteiger partial charge in [-0.25, -0.2) is 4.39 Å². The number of rotatable bonds is 7. The summed E-state index contributed by atoms with van der Waals surface area (Å²) in [4.78, 5) is 4.16. The van der Waals surface area contributed by atoms with E-state index in [1.165, 1.54) is 12.1 Å². The first-order valence-corrected chi connectivity index (χ1v) is 7.83. The summed E-state index contributed by atoms with van der Waals surface area (Å²) in [6, 6.07) is 6.60. The molecule has 1 aromatic rings. The van der Waals surface area contributed by atoms with Crippen molar-refractivity contribution in [2.24, 2.45) is 4.99 Å². The molecule has 3 nitrogen and oxygen atoms in total. The average Bonchev–Trinajstić information content (AvgIpc) is 2.43. The second-order valence-corrected chi connectivity index (χ2v) is 5.13. The van der Waals surface area contributed by atoms with Gasteiger partial charge in [-0.05, 0) is 42.5 Å². The molecule has 0 aliphatic heterocycles. The molecule has 114 valence electrons. The molecule has 0 radical (unpaired) electrons. The van der Waals surface area contributed by atoms with E-state index in [0.717, 1.165) is 43.2 Å². The van der Waals surface area contributed by atoms with Crippen molar-refractivity contribution in [3.05, 3.63) is 35.6 Å². The Morgan fingerprint density at radius 1 is 1.20 bits per heavy atom. The molecule has 0 saturated carbocycles. The van der Waals surface area contributed by atoms with Gasteiger partial charge in [0.25, 0.3) is 0 Å². The largest absolute Gasteiger partial charge is 0.356 e. The molecule has 0 aliphatic rings. The molecule has 20 heavy (non-hydrogen) atoms. The number of guanidine groups is 1. The van der Waals surface area contributed by atoms with Crippen LogP contribution < -0.4 is 10.6 Å². The fourth-order valence-corrected chi connectivity index (χ4v) is 2.05. The molecule has 0 amide bonds. The summed E-state index contributed by atoms with van der Waals surface area (Å²) in [5, 5.41) is 6.51. The molecule has 0 fully saturated rings. The smallest absolute Gasteiger partial charge is 0.190 e. The first-order chi connectivity index (χ1) is 9.26. The number of hydrogen-bond acceptors (Lipinski definition) is 2. The molecule has 0 bridgehead atoms. The number of aliphatic imine (C=N–C) groups is 1. The molecule has 0 spiro atoms. The first kappa shape index (κ1) is 19.5. The van der Waals surface area contributed by atoms with Crippen molar-refractivity contribution in [1.82, 2.24) is 10.6 Å². The van der Waals surface area contributed by atoms with E-state index in [4.69, 9.17) is 0 Å². The van der Waals surface area contributed by atoms with Crippen molar-refractivity contribution >= 4 is 41.7 Å². The van der Waals surface area contributed by atoms with Crippen molar-refractivity contribution in [2.75, 3.05) is 32.1 Å². The van der Waals surface area contributed by atoms with Gasteiger partial charge in [-0.2, -0.15) is 11.8 Å². The topological polar surface area (TPSA) is 36.4 Å². The standard InChI is InChI=1S/C14H22FN3S.HI/c1-16-14(17-9-3-11-19-2)18-10-8-12-4-6-13(15)7-5-12;/h4-7H,3,8-11H2,1-2H3,(H2,16,17,18);1H. The molecule has 2 N–H and O–H groups in total. The van der Waals surface area contributed by atoms with Crippen LogP contribution in [0.1, 0.15) is 12.0 Å². The molecular formula is C14H23FIN3S. The summed E-state index contributed by atoms with van der Waals surface area (Å²) >= 11 is 1.85. The van der Waals surface area contributed by atoms with Gasteiger partial charge in [-0.15, -0.1) is 24.0 Å². The highest BCUT2D eigenvalue weighted by atomic mass is 127. The van der Waals surface area contributed by atoms with E-state index in [9.17, 15) is 4.39 Å². The zero-order valence-electron chi connectivity index (χ0n) is 12.0. The minimum atomic E-state index is -0.192. The van der Waals surface area contributed by atoms with Crippen molar-refractivity contribution in [1.29, 1.82) is 0 Å². The van der Waals surface area contributed by atoms with Crippen molar-refractivity contribution in [2.45, 2.75) is 12.8 Å². The van der Waals surface area contributed by atoms with Gasteiger partial charge in [0.15, 0.2) is 5.96 Å². The molecular weight excluding hydrogens is 388 g/mol. The fourth-order valence-electron chi connectivity index (χ4n) is 1.62. The predicted octanol–water partition coefficient (Wildman–Crippen LogP) is 2.90. The second kappa shape index (κ2) is 12.3. The second-order valence-electron chi connectivity index (χ2n) is 4.15. The van der Waals surface area contributed by atoms with Gasteiger partial charge in [0.2, 0.25) is 0 Å². The Hall–Kier alpha value is -0.500. The lowest BCUT2D eigenvalue weighted by Crippen LogP contribution is -2.38. The van der Waals surface area contributed by atoms with Crippen LogP contribution in [0.15, 0.2) is 29.3 Å². The summed E-state index contributed by atoms with van der Waals surface area (Å²) < 4.78 is 12.7. The van der Waals surface area contributed by atoms with E-state index in [1.807, 2.05) is 23.9 Å². The van der Waals surface area contributed by atoms with Crippen LogP contribution >= 0.6 is 35.7 Å². The zero-order valence-corrected chi connectivity index (χ0v) is 15.1. The van der Waals surface area contributed by atoms with E-state index in [1.54, 1.807) is 7.05 Å². The zero-order chi connectivity index (χ0) is 13.9. The van der Waals surface area contributed by atoms with Gasteiger partial charge >= 0.3 is 0 Å². The maximum atomic E-state index is 12.7. The molecule has 0 saturated heterocycles. The van der Waals surface area contributed by atoms with Crippen LogP contribution in [-0.2, 0) is 6.42 Å². The van der Waals surface area contributed by atoms with Crippen LogP contribution in [0, 0.1) is 5.82 Å². The van der Waals surface area contributed by atoms with Crippen LogP contribution in [-0.4, -0.2) is 38.1 Å². The average molecular weight is 411 g/mol. The lowest BCUT2D eigenvalue weighted by atomic mass is 10.1. The monoisotopic (exact) mass is 411 g/mol. The van der Waals surface area contributed by atoms with Crippen molar-refractivity contribution in [3.8, 4) is 0 Å². The fraction of sp³-hybridized carbons (Fsp3) is 0.500. The summed E-state index contributed by atoms with van der Waals surface area (Å²) in [7, 11) is 1.77. The third-order valence-corrected chi connectivity index (χ3v) is 3.36. The first-order valence-electron chi connectivity index (χ1n) is 6.44. The normalized spacial score (nSPS) is 10.8. The lowest BCUT2D eigenvalue weighted by molar-refractivity contribution is 0.626. The highest BCUT2D eigenvalue weighted by molar-refractivity contribution is 14.0.